The number of imidazole rings is 1. The molecule has 1 unspecified atom stereocenters. The van der Waals surface area contributed by atoms with Crippen LogP contribution in [0.5, 0.6) is 0 Å². The predicted molar refractivity (Wildman–Crippen MR) is 153 cm³/mol. The molecular formula is C33H29N5O. The van der Waals surface area contributed by atoms with E-state index in [9.17, 15) is 0 Å². The van der Waals surface area contributed by atoms with E-state index < -0.39 is 0 Å². The van der Waals surface area contributed by atoms with Gasteiger partial charge in [0, 0.05) is 23.9 Å². The van der Waals surface area contributed by atoms with Crippen molar-refractivity contribution >= 4 is 11.0 Å². The van der Waals surface area contributed by atoms with E-state index in [1.165, 1.54) is 16.8 Å². The average molecular weight is 512 g/mol. The summed E-state index contributed by atoms with van der Waals surface area (Å²) < 4.78 is 6.08. The molecule has 39 heavy (non-hydrogen) atoms. The molecular weight excluding hydrogens is 482 g/mol. The van der Waals surface area contributed by atoms with Crippen LogP contribution in [0.15, 0.2) is 108 Å². The lowest BCUT2D eigenvalue weighted by Gasteiger charge is -2.34. The van der Waals surface area contributed by atoms with Crippen molar-refractivity contribution in [2.75, 3.05) is 0 Å². The summed E-state index contributed by atoms with van der Waals surface area (Å²) in [7, 11) is 0. The van der Waals surface area contributed by atoms with Crippen molar-refractivity contribution in [1.82, 2.24) is 24.8 Å². The first-order valence-corrected chi connectivity index (χ1v) is 13.5. The molecule has 0 bridgehead atoms. The largest absolute Gasteiger partial charge is 0.436 e. The highest BCUT2D eigenvalue weighted by Crippen LogP contribution is 2.35. The van der Waals surface area contributed by atoms with Crippen LogP contribution >= 0.6 is 0 Å². The van der Waals surface area contributed by atoms with Crippen LogP contribution in [0.25, 0.3) is 33.8 Å². The second-order valence-electron chi connectivity index (χ2n) is 10.2. The molecule has 3 aromatic heterocycles. The molecule has 192 valence electrons. The Morgan fingerprint density at radius 3 is 2.54 bits per heavy atom. The Morgan fingerprint density at radius 2 is 1.67 bits per heavy atom. The first kappa shape index (κ1) is 23.6. The molecule has 0 aliphatic heterocycles. The second-order valence-corrected chi connectivity index (χ2v) is 10.2. The molecule has 0 fully saturated rings. The van der Waals surface area contributed by atoms with E-state index in [1.807, 2.05) is 48.7 Å². The monoisotopic (exact) mass is 511 g/mol. The van der Waals surface area contributed by atoms with Crippen LogP contribution in [0.1, 0.15) is 41.5 Å². The van der Waals surface area contributed by atoms with Gasteiger partial charge in [-0.05, 0) is 60.7 Å². The molecule has 7 rings (SSSR count). The van der Waals surface area contributed by atoms with E-state index in [0.717, 1.165) is 66.1 Å². The lowest BCUT2D eigenvalue weighted by Crippen LogP contribution is -2.31. The van der Waals surface area contributed by atoms with Gasteiger partial charge in [-0.15, -0.1) is 0 Å². The van der Waals surface area contributed by atoms with Crippen LogP contribution in [0.2, 0.25) is 0 Å². The van der Waals surface area contributed by atoms with Gasteiger partial charge < -0.3 is 9.40 Å². The maximum Gasteiger partial charge on any atom is 0.226 e. The molecule has 6 aromatic rings. The molecule has 1 aliphatic rings. The molecule has 1 N–H and O–H groups in total. The lowest BCUT2D eigenvalue weighted by molar-refractivity contribution is 0.153. The number of aryl methyl sites for hydroxylation is 1. The smallest absolute Gasteiger partial charge is 0.226 e. The normalized spacial score (nSPS) is 15.1. The summed E-state index contributed by atoms with van der Waals surface area (Å²) in [5, 5.41) is 0. The minimum absolute atomic E-state index is 0.239. The number of para-hydroxylation sites is 2. The van der Waals surface area contributed by atoms with Crippen LogP contribution < -0.4 is 0 Å². The minimum atomic E-state index is 0.239. The molecule has 0 saturated carbocycles. The number of hydrogen-bond donors (Lipinski definition) is 1. The Kier molecular flexibility index (Phi) is 6.23. The number of nitrogens with zero attached hydrogens (tertiary/aromatic N) is 4. The topological polar surface area (TPSA) is 70.8 Å². The fraction of sp³-hybridized carbons (Fsp3) is 0.182. The summed E-state index contributed by atoms with van der Waals surface area (Å²) in [6.45, 7) is 1.51. The van der Waals surface area contributed by atoms with E-state index in [2.05, 4.69) is 63.4 Å². The summed E-state index contributed by atoms with van der Waals surface area (Å²) in [6.07, 6.45) is 7.05. The zero-order chi connectivity index (χ0) is 26.0. The molecule has 1 aliphatic carbocycles. The van der Waals surface area contributed by atoms with E-state index in [1.54, 1.807) is 6.20 Å². The molecule has 1 atom stereocenters. The standard InChI is InChI=1S/C33H29N5O/c1-2-8-24(9-3-1)30-20-35-33(39-30)26-17-15-23(16-18-26)21-38(22-31-36-27-12-4-5-13-28(27)37-31)29-14-6-10-25-11-7-19-34-32(25)29/h1-5,7-9,11-13,15-20,29H,6,10,14,21-22H2,(H,36,37). The van der Waals surface area contributed by atoms with Gasteiger partial charge in [-0.1, -0.05) is 60.7 Å². The van der Waals surface area contributed by atoms with E-state index in [0.29, 0.717) is 5.89 Å². The van der Waals surface area contributed by atoms with Gasteiger partial charge in [0.05, 0.1) is 35.5 Å². The van der Waals surface area contributed by atoms with Crippen molar-refractivity contribution < 1.29 is 4.42 Å². The number of nitrogens with one attached hydrogen (secondary N) is 1. The molecule has 0 radical (unpaired) electrons. The Hall–Kier alpha value is -4.55. The van der Waals surface area contributed by atoms with Crippen LogP contribution in [-0.2, 0) is 19.5 Å². The summed E-state index contributed by atoms with van der Waals surface area (Å²) in [6, 6.07) is 31.3. The molecule has 0 saturated heterocycles. The first-order chi connectivity index (χ1) is 19.3. The first-order valence-electron chi connectivity index (χ1n) is 13.5. The Balaban J connectivity index is 1.16. The fourth-order valence-corrected chi connectivity index (χ4v) is 5.62. The second kappa shape index (κ2) is 10.3. The maximum absolute atomic E-state index is 6.08. The van der Waals surface area contributed by atoms with Gasteiger partial charge >= 0.3 is 0 Å². The third-order valence-corrected chi connectivity index (χ3v) is 7.55. The van der Waals surface area contributed by atoms with Crippen molar-refractivity contribution in [3.05, 3.63) is 126 Å². The highest BCUT2D eigenvalue weighted by molar-refractivity contribution is 5.74. The molecule has 3 aromatic carbocycles. The summed E-state index contributed by atoms with van der Waals surface area (Å²) in [5.74, 6) is 2.38. The lowest BCUT2D eigenvalue weighted by atomic mass is 9.90. The van der Waals surface area contributed by atoms with Gasteiger partial charge in [-0.3, -0.25) is 9.88 Å². The Bertz CT molecular complexity index is 1670. The molecule has 6 heteroatoms. The number of fused-ring (bicyclic) bond motifs is 2. The van der Waals surface area contributed by atoms with Gasteiger partial charge in [-0.25, -0.2) is 9.97 Å². The van der Waals surface area contributed by atoms with Crippen molar-refractivity contribution in [2.45, 2.75) is 38.4 Å². The van der Waals surface area contributed by atoms with E-state index in [4.69, 9.17) is 14.4 Å². The number of oxazole rings is 1. The van der Waals surface area contributed by atoms with Gasteiger partial charge in [0.25, 0.3) is 0 Å². The number of H-pyrrole nitrogens is 1. The molecule has 3 heterocycles. The minimum Gasteiger partial charge on any atom is -0.436 e. The van der Waals surface area contributed by atoms with E-state index in [-0.39, 0.29) is 6.04 Å². The summed E-state index contributed by atoms with van der Waals surface area (Å²) in [4.78, 5) is 20.3. The number of rotatable bonds is 7. The van der Waals surface area contributed by atoms with Crippen LogP contribution in [0, 0.1) is 0 Å². The van der Waals surface area contributed by atoms with Crippen LogP contribution in [-0.4, -0.2) is 24.8 Å². The van der Waals surface area contributed by atoms with Crippen molar-refractivity contribution in [2.24, 2.45) is 0 Å². The van der Waals surface area contributed by atoms with Crippen molar-refractivity contribution in [3.63, 3.8) is 0 Å². The fourth-order valence-electron chi connectivity index (χ4n) is 5.62. The number of aromatic amines is 1. The highest BCUT2D eigenvalue weighted by atomic mass is 16.4. The molecule has 6 nitrogen and oxygen atoms in total. The molecule has 0 amide bonds. The van der Waals surface area contributed by atoms with Gasteiger partial charge in [0.2, 0.25) is 5.89 Å². The number of pyridine rings is 1. The SMILES string of the molecule is c1ccc(-c2cnc(-c3ccc(CN(Cc4nc5ccccc5[nH]4)C4CCCc5cccnc54)cc3)o2)cc1. The summed E-state index contributed by atoms with van der Waals surface area (Å²) >= 11 is 0. The molecule has 0 spiro atoms. The number of aromatic nitrogens is 4. The number of hydrogen-bond acceptors (Lipinski definition) is 5. The van der Waals surface area contributed by atoms with Crippen molar-refractivity contribution in [3.8, 4) is 22.8 Å². The third kappa shape index (κ3) is 4.87. The Morgan fingerprint density at radius 1 is 0.821 bits per heavy atom. The van der Waals surface area contributed by atoms with Crippen LogP contribution in [0.3, 0.4) is 0 Å². The zero-order valence-corrected chi connectivity index (χ0v) is 21.6. The highest BCUT2D eigenvalue weighted by Gasteiger charge is 2.28. The maximum atomic E-state index is 6.08. The average Bonchev–Trinajstić information content (AvgIpc) is 3.65. The number of benzene rings is 3. The quantitative estimate of drug-likeness (QED) is 0.242. The third-order valence-electron chi connectivity index (χ3n) is 7.55. The van der Waals surface area contributed by atoms with Crippen LogP contribution in [0.4, 0.5) is 0 Å². The van der Waals surface area contributed by atoms with Crippen molar-refractivity contribution in [1.29, 1.82) is 0 Å². The van der Waals surface area contributed by atoms with Gasteiger partial charge in [-0.2, -0.15) is 0 Å². The Labute approximate surface area is 227 Å². The van der Waals surface area contributed by atoms with E-state index >= 15 is 0 Å². The van der Waals surface area contributed by atoms with Gasteiger partial charge in [0.1, 0.15) is 5.82 Å². The predicted octanol–water partition coefficient (Wildman–Crippen LogP) is 7.36. The zero-order valence-electron chi connectivity index (χ0n) is 21.6. The summed E-state index contributed by atoms with van der Waals surface area (Å²) in [5.41, 5.74) is 7.85. The van der Waals surface area contributed by atoms with Gasteiger partial charge in [0.15, 0.2) is 5.76 Å².